The van der Waals surface area contributed by atoms with E-state index in [1.54, 1.807) is 13.1 Å². The van der Waals surface area contributed by atoms with E-state index in [4.69, 9.17) is 0 Å². The highest BCUT2D eigenvalue weighted by Gasteiger charge is 2.12. The minimum Gasteiger partial charge on any atom is -0.354 e. The van der Waals surface area contributed by atoms with Gasteiger partial charge < -0.3 is 5.32 Å². The summed E-state index contributed by atoms with van der Waals surface area (Å²) in [6.07, 6.45) is 1.59. The average molecular weight is 249 g/mol. The summed E-state index contributed by atoms with van der Waals surface area (Å²) in [5.74, 6) is -0.586. The van der Waals surface area contributed by atoms with Gasteiger partial charge >= 0.3 is 0 Å². The Bertz CT molecular complexity index is 570. The number of nitrogens with one attached hydrogen (secondary N) is 1. The second-order valence-corrected chi connectivity index (χ2v) is 3.88. The van der Waals surface area contributed by atoms with Crippen LogP contribution in [0.1, 0.15) is 12.5 Å². The summed E-state index contributed by atoms with van der Waals surface area (Å²) in [6.45, 7) is 4.33. The fourth-order valence-corrected chi connectivity index (χ4v) is 1.64. The third kappa shape index (κ3) is 2.45. The molecule has 2 rings (SSSR count). The van der Waals surface area contributed by atoms with Crippen LogP contribution in [0, 0.1) is 18.6 Å². The van der Waals surface area contributed by atoms with Crippen molar-refractivity contribution >= 4 is 5.95 Å². The zero-order valence-corrected chi connectivity index (χ0v) is 10.2. The Labute approximate surface area is 104 Å². The third-order valence-electron chi connectivity index (χ3n) is 2.49. The minimum atomic E-state index is -0.499. The number of benzene rings is 1. The molecule has 2 aromatic rings. The maximum absolute atomic E-state index is 13.7. The molecule has 94 valence electrons. The summed E-state index contributed by atoms with van der Waals surface area (Å²) in [7, 11) is 0. The van der Waals surface area contributed by atoms with E-state index < -0.39 is 11.6 Å². The van der Waals surface area contributed by atoms with Crippen molar-refractivity contribution < 1.29 is 8.78 Å². The van der Waals surface area contributed by atoms with Gasteiger partial charge in [-0.15, -0.1) is 0 Å². The highest BCUT2D eigenvalue weighted by atomic mass is 19.1. The fraction of sp³-hybridized carbons (Fsp3) is 0.231. The minimum absolute atomic E-state index is 0.147. The van der Waals surface area contributed by atoms with E-state index in [1.165, 1.54) is 0 Å². The molecule has 3 nitrogen and oxygen atoms in total. The summed E-state index contributed by atoms with van der Waals surface area (Å²) < 4.78 is 26.9. The number of nitrogens with zero attached hydrogens (tertiary/aromatic N) is 2. The van der Waals surface area contributed by atoms with E-state index in [-0.39, 0.29) is 5.56 Å². The molecule has 1 heterocycles. The van der Waals surface area contributed by atoms with Crippen molar-refractivity contribution in [2.45, 2.75) is 13.8 Å². The van der Waals surface area contributed by atoms with E-state index in [2.05, 4.69) is 15.3 Å². The van der Waals surface area contributed by atoms with Crippen LogP contribution in [0.15, 0.2) is 24.4 Å². The van der Waals surface area contributed by atoms with Gasteiger partial charge in [0.2, 0.25) is 5.95 Å². The maximum atomic E-state index is 13.7. The second-order valence-electron chi connectivity index (χ2n) is 3.88. The molecule has 0 amide bonds. The summed E-state index contributed by atoms with van der Waals surface area (Å²) in [6, 6.07) is 3.32. The van der Waals surface area contributed by atoms with Gasteiger partial charge in [-0.25, -0.2) is 18.7 Å². The lowest BCUT2D eigenvalue weighted by atomic mass is 10.1. The molecule has 0 aliphatic rings. The third-order valence-corrected chi connectivity index (χ3v) is 2.49. The van der Waals surface area contributed by atoms with Crippen molar-refractivity contribution in [2.75, 3.05) is 11.9 Å². The largest absolute Gasteiger partial charge is 0.354 e. The van der Waals surface area contributed by atoms with Crippen molar-refractivity contribution in [1.29, 1.82) is 0 Å². The lowest BCUT2D eigenvalue weighted by molar-refractivity contribution is 0.602. The van der Waals surface area contributed by atoms with Gasteiger partial charge in [-0.3, -0.25) is 0 Å². The lowest BCUT2D eigenvalue weighted by Gasteiger charge is -2.08. The molecule has 0 unspecified atom stereocenters. The Morgan fingerprint density at radius 3 is 2.78 bits per heavy atom. The van der Waals surface area contributed by atoms with Gasteiger partial charge in [0.15, 0.2) is 0 Å². The molecule has 18 heavy (non-hydrogen) atoms. The van der Waals surface area contributed by atoms with Crippen molar-refractivity contribution in [1.82, 2.24) is 9.97 Å². The number of aromatic nitrogens is 2. The van der Waals surface area contributed by atoms with Crippen molar-refractivity contribution in [3.05, 3.63) is 41.6 Å². The van der Waals surface area contributed by atoms with Crippen LogP contribution in [-0.4, -0.2) is 16.5 Å². The first-order valence-corrected chi connectivity index (χ1v) is 5.64. The van der Waals surface area contributed by atoms with Crippen molar-refractivity contribution in [3.8, 4) is 11.3 Å². The molecule has 0 saturated heterocycles. The van der Waals surface area contributed by atoms with Gasteiger partial charge in [0.1, 0.15) is 11.6 Å². The first kappa shape index (κ1) is 12.4. The van der Waals surface area contributed by atoms with Crippen LogP contribution in [0.25, 0.3) is 11.3 Å². The number of anilines is 1. The highest BCUT2D eigenvalue weighted by molar-refractivity contribution is 5.64. The molecule has 0 fully saturated rings. The lowest BCUT2D eigenvalue weighted by Crippen LogP contribution is -2.04. The van der Waals surface area contributed by atoms with Gasteiger partial charge in [0, 0.05) is 18.3 Å². The van der Waals surface area contributed by atoms with Gasteiger partial charge in [-0.2, -0.15) is 0 Å². The molecule has 5 heteroatoms. The summed E-state index contributed by atoms with van der Waals surface area (Å²) in [4.78, 5) is 8.27. The first-order valence-electron chi connectivity index (χ1n) is 5.64. The highest BCUT2D eigenvalue weighted by Crippen LogP contribution is 2.25. The Kier molecular flexibility index (Phi) is 3.50. The molecular formula is C13H13F2N3. The Morgan fingerprint density at radius 1 is 1.28 bits per heavy atom. The smallest absolute Gasteiger partial charge is 0.223 e. The fourth-order valence-electron chi connectivity index (χ4n) is 1.64. The number of rotatable bonds is 3. The molecule has 1 aromatic heterocycles. The van der Waals surface area contributed by atoms with E-state index in [9.17, 15) is 8.78 Å². The molecule has 0 radical (unpaired) electrons. The van der Waals surface area contributed by atoms with Gasteiger partial charge in [-0.1, -0.05) is 0 Å². The molecule has 0 saturated carbocycles. The van der Waals surface area contributed by atoms with E-state index in [0.29, 0.717) is 23.8 Å². The molecule has 0 atom stereocenters. The normalized spacial score (nSPS) is 10.4. The number of aryl methyl sites for hydroxylation is 1. The van der Waals surface area contributed by atoms with Gasteiger partial charge in [0.05, 0.1) is 5.69 Å². The van der Waals surface area contributed by atoms with Crippen LogP contribution in [0.5, 0.6) is 0 Å². The van der Waals surface area contributed by atoms with E-state index in [1.807, 2.05) is 6.92 Å². The standard InChI is InChI=1S/C13H13F2N3/c1-3-16-13-17-7-8(2)12(18-13)10-6-9(14)4-5-11(10)15/h4-7H,3H2,1-2H3,(H,16,17,18). The van der Waals surface area contributed by atoms with Gasteiger partial charge in [0.25, 0.3) is 0 Å². The van der Waals surface area contributed by atoms with E-state index >= 15 is 0 Å². The molecule has 1 aromatic carbocycles. The van der Waals surface area contributed by atoms with Crippen LogP contribution < -0.4 is 5.32 Å². The van der Waals surface area contributed by atoms with Crippen LogP contribution in [-0.2, 0) is 0 Å². The molecule has 0 aliphatic heterocycles. The Morgan fingerprint density at radius 2 is 2.06 bits per heavy atom. The number of hydrogen-bond donors (Lipinski definition) is 1. The van der Waals surface area contributed by atoms with E-state index in [0.717, 1.165) is 18.2 Å². The molecule has 0 bridgehead atoms. The maximum Gasteiger partial charge on any atom is 0.223 e. The predicted octanol–water partition coefficient (Wildman–Crippen LogP) is 3.16. The molecule has 0 aliphatic carbocycles. The number of hydrogen-bond acceptors (Lipinski definition) is 3. The average Bonchev–Trinajstić information content (AvgIpc) is 2.35. The van der Waals surface area contributed by atoms with Crippen LogP contribution in [0.3, 0.4) is 0 Å². The SMILES string of the molecule is CCNc1ncc(C)c(-c2cc(F)ccc2F)n1. The first-order chi connectivity index (χ1) is 8.61. The quantitative estimate of drug-likeness (QED) is 0.908. The summed E-state index contributed by atoms with van der Waals surface area (Å²) in [5, 5.41) is 2.94. The Hall–Kier alpha value is -2.04. The van der Waals surface area contributed by atoms with Crippen molar-refractivity contribution in [3.63, 3.8) is 0 Å². The number of halogens is 2. The topological polar surface area (TPSA) is 37.8 Å². The Balaban J connectivity index is 2.55. The van der Waals surface area contributed by atoms with Gasteiger partial charge in [-0.05, 0) is 37.6 Å². The molecule has 0 spiro atoms. The molecular weight excluding hydrogens is 236 g/mol. The van der Waals surface area contributed by atoms with Crippen LogP contribution in [0.2, 0.25) is 0 Å². The van der Waals surface area contributed by atoms with Crippen LogP contribution in [0.4, 0.5) is 14.7 Å². The predicted molar refractivity (Wildman–Crippen MR) is 66.3 cm³/mol. The monoisotopic (exact) mass is 249 g/mol. The molecule has 1 N–H and O–H groups in total. The zero-order chi connectivity index (χ0) is 13.1. The van der Waals surface area contributed by atoms with Crippen LogP contribution >= 0.6 is 0 Å². The summed E-state index contributed by atoms with van der Waals surface area (Å²) in [5.41, 5.74) is 1.24. The summed E-state index contributed by atoms with van der Waals surface area (Å²) >= 11 is 0. The van der Waals surface area contributed by atoms with Crippen molar-refractivity contribution in [2.24, 2.45) is 0 Å². The zero-order valence-electron chi connectivity index (χ0n) is 10.2. The second kappa shape index (κ2) is 5.08.